The van der Waals surface area contributed by atoms with Crippen molar-refractivity contribution >= 4 is 5.91 Å². The van der Waals surface area contributed by atoms with Crippen molar-refractivity contribution in [1.29, 1.82) is 0 Å². The van der Waals surface area contributed by atoms with Crippen molar-refractivity contribution in [3.8, 4) is 0 Å². The Balaban J connectivity index is 2.14. The Morgan fingerprint density at radius 3 is 2.79 bits per heavy atom. The van der Waals surface area contributed by atoms with E-state index in [0.29, 0.717) is 18.2 Å². The summed E-state index contributed by atoms with van der Waals surface area (Å²) < 4.78 is 0. The van der Waals surface area contributed by atoms with Crippen molar-refractivity contribution in [2.24, 2.45) is 5.73 Å². The molecule has 2 N–H and O–H groups in total. The van der Waals surface area contributed by atoms with Crippen LogP contribution in [0.2, 0.25) is 0 Å². The highest BCUT2D eigenvalue weighted by atomic mass is 16.2. The maximum Gasteiger partial charge on any atom is 0.255 e. The molecule has 0 aromatic carbocycles. The van der Waals surface area contributed by atoms with Gasteiger partial charge in [0.1, 0.15) is 0 Å². The maximum absolute atomic E-state index is 12.6. The second kappa shape index (κ2) is 6.66. The molecule has 1 amide bonds. The summed E-state index contributed by atoms with van der Waals surface area (Å²) in [4.78, 5) is 18.8. The molecule has 1 aromatic heterocycles. The molecule has 1 aromatic rings. The molecular weight excluding hydrogens is 238 g/mol. The molecule has 19 heavy (non-hydrogen) atoms. The van der Waals surface area contributed by atoms with Crippen LogP contribution in [-0.4, -0.2) is 34.9 Å². The molecule has 1 heterocycles. The molecule has 4 heteroatoms. The van der Waals surface area contributed by atoms with Crippen LogP contribution >= 0.6 is 0 Å². The summed E-state index contributed by atoms with van der Waals surface area (Å²) in [6.45, 7) is 3.35. The molecule has 0 aliphatic heterocycles. The first-order valence-electron chi connectivity index (χ1n) is 7.15. The number of nitrogens with zero attached hydrogens (tertiary/aromatic N) is 2. The number of pyridine rings is 1. The van der Waals surface area contributed by atoms with E-state index < -0.39 is 0 Å². The Hall–Kier alpha value is -1.42. The van der Waals surface area contributed by atoms with E-state index in [-0.39, 0.29) is 5.91 Å². The first-order chi connectivity index (χ1) is 9.22. The Labute approximate surface area is 115 Å². The monoisotopic (exact) mass is 261 g/mol. The smallest absolute Gasteiger partial charge is 0.255 e. The van der Waals surface area contributed by atoms with E-state index in [0.717, 1.165) is 31.4 Å². The number of aromatic nitrogens is 1. The average Bonchev–Trinajstić information content (AvgIpc) is 2.93. The van der Waals surface area contributed by atoms with Gasteiger partial charge in [0, 0.05) is 25.0 Å². The fraction of sp³-hybridized carbons (Fsp3) is 0.600. The number of nitrogens with two attached hydrogens (primary N) is 1. The Morgan fingerprint density at radius 2 is 2.16 bits per heavy atom. The third-order valence-corrected chi connectivity index (χ3v) is 3.75. The third-order valence-electron chi connectivity index (χ3n) is 3.75. The van der Waals surface area contributed by atoms with Crippen LogP contribution in [0, 0.1) is 6.92 Å². The van der Waals surface area contributed by atoms with Crippen LogP contribution in [0.4, 0.5) is 0 Å². The van der Waals surface area contributed by atoms with Crippen LogP contribution in [0.1, 0.15) is 48.0 Å². The highest BCUT2D eigenvalue weighted by molar-refractivity contribution is 5.94. The van der Waals surface area contributed by atoms with Gasteiger partial charge in [0.15, 0.2) is 0 Å². The molecule has 4 nitrogen and oxygen atoms in total. The van der Waals surface area contributed by atoms with E-state index in [4.69, 9.17) is 5.73 Å². The molecule has 0 bridgehead atoms. The zero-order chi connectivity index (χ0) is 13.7. The number of carbonyl (C=O) groups excluding carboxylic acids is 1. The number of hydrogen-bond donors (Lipinski definition) is 1. The van der Waals surface area contributed by atoms with E-state index in [1.54, 1.807) is 12.4 Å². The van der Waals surface area contributed by atoms with Crippen LogP contribution < -0.4 is 5.73 Å². The normalized spacial score (nSPS) is 15.7. The van der Waals surface area contributed by atoms with E-state index >= 15 is 0 Å². The summed E-state index contributed by atoms with van der Waals surface area (Å²) in [6.07, 6.45) is 9.00. The minimum atomic E-state index is 0.108. The minimum absolute atomic E-state index is 0.108. The number of carbonyl (C=O) groups is 1. The van der Waals surface area contributed by atoms with Gasteiger partial charge in [0.25, 0.3) is 5.91 Å². The van der Waals surface area contributed by atoms with Gasteiger partial charge in [0.05, 0.1) is 5.56 Å². The van der Waals surface area contributed by atoms with Gasteiger partial charge in [-0.05, 0) is 44.4 Å². The van der Waals surface area contributed by atoms with Gasteiger partial charge >= 0.3 is 0 Å². The van der Waals surface area contributed by atoms with Gasteiger partial charge in [-0.1, -0.05) is 12.8 Å². The van der Waals surface area contributed by atoms with Gasteiger partial charge in [-0.15, -0.1) is 0 Å². The summed E-state index contributed by atoms with van der Waals surface area (Å²) in [5.74, 6) is 0.108. The van der Waals surface area contributed by atoms with Crippen LogP contribution in [0.15, 0.2) is 18.5 Å². The molecule has 104 valence electrons. The number of amides is 1. The maximum atomic E-state index is 12.6. The van der Waals surface area contributed by atoms with Crippen LogP contribution in [-0.2, 0) is 0 Å². The lowest BCUT2D eigenvalue weighted by molar-refractivity contribution is 0.0680. The average molecular weight is 261 g/mol. The molecule has 1 saturated carbocycles. The van der Waals surface area contributed by atoms with Gasteiger partial charge < -0.3 is 10.6 Å². The zero-order valence-corrected chi connectivity index (χ0v) is 11.6. The quantitative estimate of drug-likeness (QED) is 0.883. The molecular formula is C15H23N3O. The highest BCUT2D eigenvalue weighted by Crippen LogP contribution is 2.25. The fourth-order valence-corrected chi connectivity index (χ4v) is 2.77. The number of aryl methyl sites for hydroxylation is 1. The van der Waals surface area contributed by atoms with E-state index in [1.165, 1.54) is 12.8 Å². The molecule has 2 rings (SSSR count). The van der Waals surface area contributed by atoms with Gasteiger partial charge in [-0.3, -0.25) is 9.78 Å². The molecule has 0 atom stereocenters. The SMILES string of the molecule is Cc1cncc(C(=O)N(CCCN)C2CCCC2)c1. The van der Waals surface area contributed by atoms with E-state index in [9.17, 15) is 4.79 Å². The molecule has 1 aliphatic carbocycles. The molecule has 1 fully saturated rings. The zero-order valence-electron chi connectivity index (χ0n) is 11.6. The Morgan fingerprint density at radius 1 is 1.42 bits per heavy atom. The second-order valence-corrected chi connectivity index (χ2v) is 5.33. The summed E-state index contributed by atoms with van der Waals surface area (Å²) in [7, 11) is 0. The lowest BCUT2D eigenvalue weighted by atomic mass is 10.1. The van der Waals surface area contributed by atoms with E-state index in [1.807, 2.05) is 17.9 Å². The molecule has 0 spiro atoms. The van der Waals surface area contributed by atoms with Crippen LogP contribution in [0.3, 0.4) is 0 Å². The topological polar surface area (TPSA) is 59.2 Å². The largest absolute Gasteiger partial charge is 0.336 e. The lowest BCUT2D eigenvalue weighted by Crippen LogP contribution is -2.40. The lowest BCUT2D eigenvalue weighted by Gasteiger charge is -2.29. The van der Waals surface area contributed by atoms with Gasteiger partial charge in [0.2, 0.25) is 0 Å². The first kappa shape index (κ1) is 14.0. The Kier molecular flexibility index (Phi) is 4.91. The van der Waals surface area contributed by atoms with E-state index in [2.05, 4.69) is 4.98 Å². The summed E-state index contributed by atoms with van der Waals surface area (Å²) >= 11 is 0. The molecule has 1 aliphatic rings. The summed E-state index contributed by atoms with van der Waals surface area (Å²) in [6, 6.07) is 2.30. The molecule has 0 unspecified atom stereocenters. The first-order valence-corrected chi connectivity index (χ1v) is 7.15. The van der Waals surface area contributed by atoms with Crippen LogP contribution in [0.25, 0.3) is 0 Å². The van der Waals surface area contributed by atoms with Gasteiger partial charge in [-0.2, -0.15) is 0 Å². The number of rotatable bonds is 5. The van der Waals surface area contributed by atoms with Crippen molar-refractivity contribution in [1.82, 2.24) is 9.88 Å². The Bertz CT molecular complexity index is 427. The van der Waals surface area contributed by atoms with Crippen molar-refractivity contribution in [2.45, 2.75) is 45.1 Å². The fourth-order valence-electron chi connectivity index (χ4n) is 2.77. The standard InChI is InChI=1S/C15H23N3O/c1-12-9-13(11-17-10-12)15(19)18(8-4-7-16)14-5-2-3-6-14/h9-11,14H,2-8,16H2,1H3. The number of hydrogen-bond acceptors (Lipinski definition) is 3. The minimum Gasteiger partial charge on any atom is -0.336 e. The molecule has 0 saturated heterocycles. The molecule has 0 radical (unpaired) electrons. The third kappa shape index (κ3) is 3.53. The summed E-state index contributed by atoms with van der Waals surface area (Å²) in [5.41, 5.74) is 7.31. The van der Waals surface area contributed by atoms with Crippen LogP contribution in [0.5, 0.6) is 0 Å². The van der Waals surface area contributed by atoms with Gasteiger partial charge in [-0.25, -0.2) is 0 Å². The van der Waals surface area contributed by atoms with Crippen molar-refractivity contribution in [3.63, 3.8) is 0 Å². The second-order valence-electron chi connectivity index (χ2n) is 5.33. The van der Waals surface area contributed by atoms with Crippen molar-refractivity contribution < 1.29 is 4.79 Å². The predicted octanol–water partition coefficient (Wildman–Crippen LogP) is 2.12. The predicted molar refractivity (Wildman–Crippen MR) is 75.9 cm³/mol. The highest BCUT2D eigenvalue weighted by Gasteiger charge is 2.27. The van der Waals surface area contributed by atoms with Crippen molar-refractivity contribution in [2.75, 3.05) is 13.1 Å². The summed E-state index contributed by atoms with van der Waals surface area (Å²) in [5, 5.41) is 0. The van der Waals surface area contributed by atoms with Crippen molar-refractivity contribution in [3.05, 3.63) is 29.6 Å².